The second-order valence-electron chi connectivity index (χ2n) is 5.33. The third-order valence-electron chi connectivity index (χ3n) is 3.71. The summed E-state index contributed by atoms with van der Waals surface area (Å²) in [7, 11) is 0. The Morgan fingerprint density at radius 1 is 1.08 bits per heavy atom. The van der Waals surface area contributed by atoms with E-state index in [0.717, 1.165) is 22.3 Å². The van der Waals surface area contributed by atoms with Gasteiger partial charge in [0.25, 0.3) is 0 Å². The first-order valence-electron chi connectivity index (χ1n) is 7.53. The largest absolute Gasteiger partial charge is 0.364 e. The minimum absolute atomic E-state index is 0.355. The highest BCUT2D eigenvalue weighted by Crippen LogP contribution is 2.28. The summed E-state index contributed by atoms with van der Waals surface area (Å²) in [5, 5.41) is 4.21. The summed E-state index contributed by atoms with van der Waals surface area (Å²) in [5.74, 6) is 0.350. The monoisotopic (exact) mass is 319 g/mol. The SMILES string of the molecule is Fc1ccc(-c2cc(NCc3ccccn3)nc3[nH]ccc23)nc1. The van der Waals surface area contributed by atoms with E-state index in [1.807, 2.05) is 36.5 Å². The molecule has 4 heterocycles. The Hall–Kier alpha value is -3.28. The smallest absolute Gasteiger partial charge is 0.141 e. The summed E-state index contributed by atoms with van der Waals surface area (Å²) in [4.78, 5) is 16.1. The van der Waals surface area contributed by atoms with Crippen LogP contribution in [0.25, 0.3) is 22.3 Å². The number of anilines is 1. The minimum Gasteiger partial charge on any atom is -0.364 e. The maximum absolute atomic E-state index is 13.1. The van der Waals surface area contributed by atoms with Crippen LogP contribution in [0.1, 0.15) is 5.69 Å². The van der Waals surface area contributed by atoms with Crippen LogP contribution in [0, 0.1) is 5.82 Å². The topological polar surface area (TPSA) is 66.5 Å². The van der Waals surface area contributed by atoms with Crippen molar-refractivity contribution in [2.75, 3.05) is 5.32 Å². The Labute approximate surface area is 137 Å². The molecule has 6 heteroatoms. The Morgan fingerprint density at radius 3 is 2.83 bits per heavy atom. The molecular formula is C18H14FN5. The van der Waals surface area contributed by atoms with Crippen LogP contribution in [-0.2, 0) is 6.54 Å². The number of hydrogen-bond donors (Lipinski definition) is 2. The van der Waals surface area contributed by atoms with Crippen LogP contribution < -0.4 is 5.32 Å². The molecule has 2 N–H and O–H groups in total. The summed E-state index contributed by atoms with van der Waals surface area (Å²) in [6.45, 7) is 0.566. The van der Waals surface area contributed by atoms with Crippen molar-refractivity contribution in [2.45, 2.75) is 6.54 Å². The number of aromatic amines is 1. The number of H-pyrrole nitrogens is 1. The van der Waals surface area contributed by atoms with Gasteiger partial charge in [-0.1, -0.05) is 6.07 Å². The molecule has 24 heavy (non-hydrogen) atoms. The fraction of sp³-hybridized carbons (Fsp3) is 0.0556. The normalized spacial score (nSPS) is 10.9. The zero-order chi connectivity index (χ0) is 16.4. The van der Waals surface area contributed by atoms with Crippen LogP contribution in [0.4, 0.5) is 10.2 Å². The highest BCUT2D eigenvalue weighted by Gasteiger charge is 2.10. The van der Waals surface area contributed by atoms with Crippen LogP contribution in [-0.4, -0.2) is 19.9 Å². The zero-order valence-electron chi connectivity index (χ0n) is 12.7. The maximum atomic E-state index is 13.1. The van der Waals surface area contributed by atoms with E-state index in [9.17, 15) is 4.39 Å². The second kappa shape index (κ2) is 6.08. The van der Waals surface area contributed by atoms with Crippen molar-refractivity contribution in [1.29, 1.82) is 0 Å². The van der Waals surface area contributed by atoms with Gasteiger partial charge in [-0.3, -0.25) is 9.97 Å². The molecule has 0 unspecified atom stereocenters. The van der Waals surface area contributed by atoms with Crippen molar-refractivity contribution in [2.24, 2.45) is 0 Å². The van der Waals surface area contributed by atoms with Gasteiger partial charge in [0.15, 0.2) is 0 Å². The van der Waals surface area contributed by atoms with Crippen molar-refractivity contribution in [3.63, 3.8) is 0 Å². The lowest BCUT2D eigenvalue weighted by molar-refractivity contribution is 0.622. The lowest BCUT2D eigenvalue weighted by atomic mass is 10.1. The molecule has 0 aliphatic rings. The van der Waals surface area contributed by atoms with Gasteiger partial charge in [-0.2, -0.15) is 0 Å². The van der Waals surface area contributed by atoms with Gasteiger partial charge in [0.05, 0.1) is 24.1 Å². The molecule has 0 amide bonds. The molecule has 5 nitrogen and oxygen atoms in total. The number of rotatable bonds is 4. The van der Waals surface area contributed by atoms with E-state index in [0.29, 0.717) is 18.1 Å². The quantitative estimate of drug-likeness (QED) is 0.601. The summed E-state index contributed by atoms with van der Waals surface area (Å²) in [6, 6.07) is 12.7. The first kappa shape index (κ1) is 14.3. The number of halogens is 1. The Kier molecular flexibility index (Phi) is 3.63. The van der Waals surface area contributed by atoms with Crippen LogP contribution in [0.3, 0.4) is 0 Å². The molecule has 118 valence electrons. The lowest BCUT2D eigenvalue weighted by Gasteiger charge is -2.09. The van der Waals surface area contributed by atoms with E-state index < -0.39 is 0 Å². The third-order valence-corrected chi connectivity index (χ3v) is 3.71. The zero-order valence-corrected chi connectivity index (χ0v) is 12.7. The highest BCUT2D eigenvalue weighted by molar-refractivity contribution is 5.93. The number of aromatic nitrogens is 4. The van der Waals surface area contributed by atoms with E-state index >= 15 is 0 Å². The molecule has 0 bridgehead atoms. The van der Waals surface area contributed by atoms with E-state index in [1.54, 1.807) is 12.3 Å². The summed E-state index contributed by atoms with van der Waals surface area (Å²) >= 11 is 0. The predicted molar refractivity (Wildman–Crippen MR) is 90.8 cm³/mol. The molecule has 0 radical (unpaired) electrons. The molecule has 0 aliphatic heterocycles. The molecule has 0 atom stereocenters. The average Bonchev–Trinajstić information content (AvgIpc) is 3.09. The molecular weight excluding hydrogens is 305 g/mol. The van der Waals surface area contributed by atoms with Gasteiger partial charge >= 0.3 is 0 Å². The van der Waals surface area contributed by atoms with Gasteiger partial charge in [-0.25, -0.2) is 9.37 Å². The van der Waals surface area contributed by atoms with Crippen molar-refractivity contribution in [1.82, 2.24) is 19.9 Å². The standard InChI is InChI=1S/C18H14FN5/c19-12-4-5-16(22-10-12)15-9-17(24-18-14(15)6-8-21-18)23-11-13-3-1-2-7-20-13/h1-10H,11H2,(H2,21,23,24). The molecule has 0 saturated carbocycles. The number of nitrogens with one attached hydrogen (secondary N) is 2. The van der Waals surface area contributed by atoms with Crippen LogP contribution in [0.15, 0.2) is 61.1 Å². The molecule has 0 saturated heterocycles. The van der Waals surface area contributed by atoms with Crippen molar-refractivity contribution in [3.8, 4) is 11.3 Å². The molecule has 4 aromatic heterocycles. The van der Waals surface area contributed by atoms with Gasteiger partial charge in [-0.05, 0) is 36.4 Å². The Bertz CT molecular complexity index is 964. The molecule has 4 aromatic rings. The van der Waals surface area contributed by atoms with Crippen molar-refractivity contribution in [3.05, 3.63) is 72.6 Å². The third kappa shape index (κ3) is 2.81. The fourth-order valence-electron chi connectivity index (χ4n) is 2.56. The maximum Gasteiger partial charge on any atom is 0.141 e. The summed E-state index contributed by atoms with van der Waals surface area (Å²) in [6.07, 6.45) is 4.80. The summed E-state index contributed by atoms with van der Waals surface area (Å²) in [5.41, 5.74) is 3.27. The van der Waals surface area contributed by atoms with Gasteiger partial charge < -0.3 is 10.3 Å². The number of nitrogens with zero attached hydrogens (tertiary/aromatic N) is 3. The Balaban J connectivity index is 1.71. The minimum atomic E-state index is -0.355. The number of hydrogen-bond acceptors (Lipinski definition) is 4. The van der Waals surface area contributed by atoms with Crippen LogP contribution in [0.2, 0.25) is 0 Å². The first-order valence-corrected chi connectivity index (χ1v) is 7.53. The second-order valence-corrected chi connectivity index (χ2v) is 5.33. The average molecular weight is 319 g/mol. The van der Waals surface area contributed by atoms with Gasteiger partial charge in [0, 0.05) is 23.3 Å². The van der Waals surface area contributed by atoms with Crippen LogP contribution >= 0.6 is 0 Å². The first-order chi connectivity index (χ1) is 11.8. The predicted octanol–water partition coefficient (Wildman–Crippen LogP) is 3.77. The Morgan fingerprint density at radius 2 is 2.04 bits per heavy atom. The highest BCUT2D eigenvalue weighted by atomic mass is 19.1. The summed E-state index contributed by atoms with van der Waals surface area (Å²) < 4.78 is 13.1. The molecule has 4 rings (SSSR count). The lowest BCUT2D eigenvalue weighted by Crippen LogP contribution is -2.03. The van der Waals surface area contributed by atoms with Crippen molar-refractivity contribution >= 4 is 16.9 Å². The van der Waals surface area contributed by atoms with Crippen molar-refractivity contribution < 1.29 is 4.39 Å². The van der Waals surface area contributed by atoms with Gasteiger partial charge in [-0.15, -0.1) is 0 Å². The van der Waals surface area contributed by atoms with Gasteiger partial charge in [0.1, 0.15) is 17.3 Å². The number of pyridine rings is 3. The molecule has 0 aliphatic carbocycles. The molecule has 0 fully saturated rings. The van der Waals surface area contributed by atoms with Gasteiger partial charge in [0.2, 0.25) is 0 Å². The van der Waals surface area contributed by atoms with Crippen LogP contribution in [0.5, 0.6) is 0 Å². The molecule has 0 aromatic carbocycles. The molecule has 0 spiro atoms. The van der Waals surface area contributed by atoms with E-state index in [-0.39, 0.29) is 5.82 Å². The number of fused-ring (bicyclic) bond motifs is 1. The fourth-order valence-corrected chi connectivity index (χ4v) is 2.56. The van der Waals surface area contributed by atoms with E-state index in [2.05, 4.69) is 25.3 Å². The van der Waals surface area contributed by atoms with E-state index in [4.69, 9.17) is 0 Å². The van der Waals surface area contributed by atoms with E-state index in [1.165, 1.54) is 12.3 Å².